The van der Waals surface area contributed by atoms with Gasteiger partial charge in [-0.3, -0.25) is 4.98 Å². The summed E-state index contributed by atoms with van der Waals surface area (Å²) in [6, 6.07) is 11.1. The number of fused-ring (bicyclic) bond motifs is 1. The fraction of sp³-hybridized carbons (Fsp3) is 0.438. The van der Waals surface area contributed by atoms with Gasteiger partial charge in [-0.05, 0) is 38.4 Å². The minimum absolute atomic E-state index is 0.591. The van der Waals surface area contributed by atoms with Gasteiger partial charge < -0.3 is 10.6 Å². The molecule has 0 spiro atoms. The van der Waals surface area contributed by atoms with Crippen molar-refractivity contribution < 1.29 is 0 Å². The molecule has 1 aliphatic heterocycles. The van der Waals surface area contributed by atoms with Crippen LogP contribution in [0.1, 0.15) is 25.0 Å². The maximum atomic E-state index is 4.66. The predicted octanol–water partition coefficient (Wildman–Crippen LogP) is 3.10. The van der Waals surface area contributed by atoms with Crippen LogP contribution in [0.2, 0.25) is 0 Å². The highest BCUT2D eigenvalue weighted by Gasteiger charge is 2.12. The van der Waals surface area contributed by atoms with Crippen molar-refractivity contribution in [1.82, 2.24) is 10.3 Å². The van der Waals surface area contributed by atoms with Crippen molar-refractivity contribution in [2.75, 3.05) is 18.4 Å². The fourth-order valence-electron chi connectivity index (χ4n) is 2.72. The predicted molar refractivity (Wildman–Crippen MR) is 80.6 cm³/mol. The van der Waals surface area contributed by atoms with Gasteiger partial charge in [-0.25, -0.2) is 0 Å². The molecule has 1 atom stereocenters. The van der Waals surface area contributed by atoms with Crippen LogP contribution < -0.4 is 10.6 Å². The van der Waals surface area contributed by atoms with Crippen LogP contribution in [0.25, 0.3) is 10.9 Å². The Balaban J connectivity index is 1.78. The molecule has 2 heterocycles. The molecule has 0 aliphatic carbocycles. The Morgan fingerprint density at radius 2 is 2.21 bits per heavy atom. The topological polar surface area (TPSA) is 37.0 Å². The van der Waals surface area contributed by atoms with Crippen molar-refractivity contribution in [1.29, 1.82) is 0 Å². The second-order valence-electron chi connectivity index (χ2n) is 5.36. The monoisotopic (exact) mass is 255 g/mol. The molecule has 3 nitrogen and oxygen atoms in total. The first kappa shape index (κ1) is 12.4. The summed E-state index contributed by atoms with van der Waals surface area (Å²) in [7, 11) is 0. The van der Waals surface area contributed by atoms with Crippen LogP contribution in [0.5, 0.6) is 0 Å². The summed E-state index contributed by atoms with van der Waals surface area (Å²) in [5, 5.41) is 8.33. The molecule has 3 heteroatoms. The van der Waals surface area contributed by atoms with Gasteiger partial charge in [0.1, 0.15) is 0 Å². The fourth-order valence-corrected chi connectivity index (χ4v) is 2.72. The molecule has 2 aromatic rings. The van der Waals surface area contributed by atoms with E-state index in [1.807, 2.05) is 6.92 Å². The third-order valence-corrected chi connectivity index (χ3v) is 3.81. The maximum absolute atomic E-state index is 4.66. The lowest BCUT2D eigenvalue weighted by Crippen LogP contribution is -2.39. The lowest BCUT2D eigenvalue weighted by atomic mass is 10.0. The molecule has 100 valence electrons. The number of piperidine rings is 1. The van der Waals surface area contributed by atoms with Crippen LogP contribution in [-0.4, -0.2) is 24.1 Å². The first-order valence-corrected chi connectivity index (χ1v) is 7.16. The molecule has 1 aliphatic rings. The number of aromatic nitrogens is 1. The molecule has 0 radical (unpaired) electrons. The number of rotatable bonds is 3. The van der Waals surface area contributed by atoms with Crippen molar-refractivity contribution >= 4 is 16.6 Å². The summed E-state index contributed by atoms with van der Waals surface area (Å²) >= 11 is 0. The zero-order chi connectivity index (χ0) is 13.1. The summed E-state index contributed by atoms with van der Waals surface area (Å²) in [6.45, 7) is 4.17. The smallest absolute Gasteiger partial charge is 0.0936 e. The standard InChI is InChI=1S/C16H21N3/c1-12-8-9-13-5-4-7-15(16(13)19-12)18-11-14-6-2-3-10-17-14/h4-5,7-9,14,17-18H,2-3,6,10-11H2,1H3. The summed E-state index contributed by atoms with van der Waals surface area (Å²) in [5.74, 6) is 0. The van der Waals surface area contributed by atoms with Crippen molar-refractivity contribution in [3.8, 4) is 0 Å². The van der Waals surface area contributed by atoms with Crippen LogP contribution in [0.15, 0.2) is 30.3 Å². The van der Waals surface area contributed by atoms with Gasteiger partial charge in [-0.2, -0.15) is 0 Å². The third kappa shape index (κ3) is 2.87. The number of benzene rings is 1. The van der Waals surface area contributed by atoms with Crippen LogP contribution in [0.3, 0.4) is 0 Å². The minimum atomic E-state index is 0.591. The van der Waals surface area contributed by atoms with Crippen molar-refractivity contribution in [2.24, 2.45) is 0 Å². The molecule has 1 saturated heterocycles. The Morgan fingerprint density at radius 3 is 3.05 bits per heavy atom. The van der Waals surface area contributed by atoms with E-state index in [1.54, 1.807) is 0 Å². The summed E-state index contributed by atoms with van der Waals surface area (Å²) in [6.07, 6.45) is 3.92. The summed E-state index contributed by atoms with van der Waals surface area (Å²) in [4.78, 5) is 4.66. The Morgan fingerprint density at radius 1 is 1.26 bits per heavy atom. The molecule has 2 N–H and O–H groups in total. The van der Waals surface area contributed by atoms with Gasteiger partial charge in [0.05, 0.1) is 11.2 Å². The maximum Gasteiger partial charge on any atom is 0.0936 e. The average molecular weight is 255 g/mol. The largest absolute Gasteiger partial charge is 0.382 e. The van der Waals surface area contributed by atoms with E-state index in [0.29, 0.717) is 6.04 Å². The molecular weight excluding hydrogens is 234 g/mol. The van der Waals surface area contributed by atoms with Crippen molar-refractivity contribution in [3.63, 3.8) is 0 Å². The van der Waals surface area contributed by atoms with E-state index in [0.717, 1.165) is 30.0 Å². The van der Waals surface area contributed by atoms with E-state index in [9.17, 15) is 0 Å². The molecule has 0 amide bonds. The van der Waals surface area contributed by atoms with Gasteiger partial charge in [0, 0.05) is 23.7 Å². The Kier molecular flexibility index (Phi) is 3.65. The molecule has 19 heavy (non-hydrogen) atoms. The molecule has 3 rings (SSSR count). The van der Waals surface area contributed by atoms with Crippen LogP contribution in [0.4, 0.5) is 5.69 Å². The van der Waals surface area contributed by atoms with E-state index in [2.05, 4.69) is 45.9 Å². The average Bonchev–Trinajstić information content (AvgIpc) is 2.46. The Hall–Kier alpha value is -1.61. The molecule has 0 bridgehead atoms. The number of aryl methyl sites for hydroxylation is 1. The highest BCUT2D eigenvalue weighted by Crippen LogP contribution is 2.22. The van der Waals surface area contributed by atoms with Crippen LogP contribution in [-0.2, 0) is 0 Å². The molecule has 1 aromatic heterocycles. The van der Waals surface area contributed by atoms with Gasteiger partial charge in [-0.1, -0.05) is 24.6 Å². The minimum Gasteiger partial charge on any atom is -0.382 e. The van der Waals surface area contributed by atoms with E-state index < -0.39 is 0 Å². The lowest BCUT2D eigenvalue weighted by Gasteiger charge is -2.24. The van der Waals surface area contributed by atoms with Crippen molar-refractivity contribution in [2.45, 2.75) is 32.2 Å². The highest BCUT2D eigenvalue weighted by atomic mass is 15.0. The molecule has 1 unspecified atom stereocenters. The van der Waals surface area contributed by atoms with Gasteiger partial charge in [0.2, 0.25) is 0 Å². The summed E-state index contributed by atoms with van der Waals surface area (Å²) < 4.78 is 0. The number of hydrogen-bond donors (Lipinski definition) is 2. The number of hydrogen-bond acceptors (Lipinski definition) is 3. The number of anilines is 1. The van der Waals surface area contributed by atoms with E-state index >= 15 is 0 Å². The van der Waals surface area contributed by atoms with Crippen LogP contribution in [0, 0.1) is 6.92 Å². The zero-order valence-corrected chi connectivity index (χ0v) is 11.4. The first-order chi connectivity index (χ1) is 9.33. The molecular formula is C16H21N3. The van der Waals surface area contributed by atoms with Crippen molar-refractivity contribution in [3.05, 3.63) is 36.0 Å². The third-order valence-electron chi connectivity index (χ3n) is 3.81. The normalized spacial score (nSPS) is 19.5. The summed E-state index contributed by atoms with van der Waals surface area (Å²) in [5.41, 5.74) is 3.30. The van der Waals surface area contributed by atoms with Gasteiger partial charge in [-0.15, -0.1) is 0 Å². The van der Waals surface area contributed by atoms with Crippen LogP contribution >= 0.6 is 0 Å². The first-order valence-electron chi connectivity index (χ1n) is 7.16. The Labute approximate surface area is 114 Å². The molecule has 1 aromatic carbocycles. The highest BCUT2D eigenvalue weighted by molar-refractivity contribution is 5.90. The second kappa shape index (κ2) is 5.57. The van der Waals surface area contributed by atoms with E-state index in [-0.39, 0.29) is 0 Å². The van der Waals surface area contributed by atoms with Gasteiger partial charge >= 0.3 is 0 Å². The van der Waals surface area contributed by atoms with Gasteiger partial charge in [0.15, 0.2) is 0 Å². The number of nitrogens with zero attached hydrogens (tertiary/aromatic N) is 1. The number of nitrogens with one attached hydrogen (secondary N) is 2. The molecule has 0 saturated carbocycles. The molecule has 1 fully saturated rings. The van der Waals surface area contributed by atoms with Gasteiger partial charge in [0.25, 0.3) is 0 Å². The number of pyridine rings is 1. The number of para-hydroxylation sites is 1. The quantitative estimate of drug-likeness (QED) is 0.885. The lowest BCUT2D eigenvalue weighted by molar-refractivity contribution is 0.414. The van der Waals surface area contributed by atoms with E-state index in [1.165, 1.54) is 24.6 Å². The van der Waals surface area contributed by atoms with E-state index in [4.69, 9.17) is 0 Å². The SMILES string of the molecule is Cc1ccc2cccc(NCC3CCCCN3)c2n1. The second-order valence-corrected chi connectivity index (χ2v) is 5.36. The Bertz CT molecular complexity index is 559. The zero-order valence-electron chi connectivity index (χ0n) is 11.4.